The van der Waals surface area contributed by atoms with Crippen LogP contribution in [0.25, 0.3) is 0 Å². The number of benzene rings is 1. The number of hydrogen-bond acceptors (Lipinski definition) is 2. The molecule has 1 aromatic heterocycles. The molecule has 96 valence electrons. The second-order valence-corrected chi connectivity index (χ2v) is 4.92. The maximum Gasteiger partial charge on any atom is 0.0896 e. The van der Waals surface area contributed by atoms with Crippen LogP contribution in [0.15, 0.2) is 24.3 Å². The largest absolute Gasteiger partial charge is 0.328 e. The Morgan fingerprint density at radius 3 is 2.44 bits per heavy atom. The average Bonchev–Trinajstić information content (AvgIpc) is 2.61. The van der Waals surface area contributed by atoms with Gasteiger partial charge in [0, 0.05) is 6.54 Å². The molecular weight excluding hydrogens is 246 g/mol. The molecule has 2 N–H and O–H groups in total. The standard InChI is InChI=1S/C14H18ClN3/c1-9-6-4-5-7-12(9)13(8-16)18-11(3)14(15)10(2)17-18/h4-7,13H,8,16H2,1-3H3. The van der Waals surface area contributed by atoms with Crippen LogP contribution in [-0.4, -0.2) is 16.3 Å². The van der Waals surface area contributed by atoms with Gasteiger partial charge in [-0.05, 0) is 31.9 Å². The minimum absolute atomic E-state index is 0.0393. The lowest BCUT2D eigenvalue weighted by Crippen LogP contribution is -2.23. The molecule has 0 radical (unpaired) electrons. The van der Waals surface area contributed by atoms with E-state index in [1.165, 1.54) is 11.1 Å². The molecule has 1 heterocycles. The molecular formula is C14H18ClN3. The molecule has 0 aliphatic carbocycles. The molecule has 1 aromatic carbocycles. The summed E-state index contributed by atoms with van der Waals surface area (Å²) < 4.78 is 1.93. The molecule has 0 fully saturated rings. The van der Waals surface area contributed by atoms with Gasteiger partial charge in [-0.2, -0.15) is 5.10 Å². The summed E-state index contributed by atoms with van der Waals surface area (Å²) >= 11 is 6.20. The zero-order valence-electron chi connectivity index (χ0n) is 10.9. The Hall–Kier alpha value is -1.32. The van der Waals surface area contributed by atoms with E-state index < -0.39 is 0 Å². The highest BCUT2D eigenvalue weighted by molar-refractivity contribution is 6.31. The molecule has 2 rings (SSSR count). The average molecular weight is 264 g/mol. The van der Waals surface area contributed by atoms with Gasteiger partial charge in [0.05, 0.1) is 22.5 Å². The van der Waals surface area contributed by atoms with E-state index >= 15 is 0 Å². The van der Waals surface area contributed by atoms with Gasteiger partial charge in [-0.15, -0.1) is 0 Å². The predicted molar refractivity (Wildman–Crippen MR) is 75.1 cm³/mol. The van der Waals surface area contributed by atoms with Crippen LogP contribution in [0.4, 0.5) is 0 Å². The zero-order chi connectivity index (χ0) is 13.3. The highest BCUT2D eigenvalue weighted by Crippen LogP contribution is 2.26. The van der Waals surface area contributed by atoms with Crippen molar-refractivity contribution in [2.24, 2.45) is 5.73 Å². The number of nitrogens with zero attached hydrogens (tertiary/aromatic N) is 2. The predicted octanol–water partition coefficient (Wildman–Crippen LogP) is 3.01. The first-order valence-electron chi connectivity index (χ1n) is 6.03. The molecule has 0 saturated carbocycles. The minimum Gasteiger partial charge on any atom is -0.328 e. The summed E-state index contributed by atoms with van der Waals surface area (Å²) in [5, 5.41) is 5.23. The quantitative estimate of drug-likeness (QED) is 0.925. The van der Waals surface area contributed by atoms with Gasteiger partial charge in [-0.3, -0.25) is 4.68 Å². The van der Waals surface area contributed by atoms with Crippen molar-refractivity contribution < 1.29 is 0 Å². The summed E-state index contributed by atoms with van der Waals surface area (Å²) in [6.45, 7) is 6.48. The number of aromatic nitrogens is 2. The fraction of sp³-hybridized carbons (Fsp3) is 0.357. The van der Waals surface area contributed by atoms with Crippen molar-refractivity contribution in [1.82, 2.24) is 9.78 Å². The normalized spacial score (nSPS) is 12.7. The third-order valence-corrected chi connectivity index (χ3v) is 3.85. The van der Waals surface area contributed by atoms with E-state index in [0.717, 1.165) is 16.4 Å². The Bertz CT molecular complexity index is 560. The summed E-state index contributed by atoms with van der Waals surface area (Å²) in [4.78, 5) is 0. The summed E-state index contributed by atoms with van der Waals surface area (Å²) in [5.41, 5.74) is 10.2. The molecule has 1 atom stereocenters. The van der Waals surface area contributed by atoms with Gasteiger partial charge in [0.15, 0.2) is 0 Å². The van der Waals surface area contributed by atoms with Gasteiger partial charge in [0.1, 0.15) is 0 Å². The molecule has 0 bridgehead atoms. The van der Waals surface area contributed by atoms with Crippen LogP contribution < -0.4 is 5.73 Å². The SMILES string of the molecule is Cc1ccccc1C(CN)n1nc(C)c(Cl)c1C. The third kappa shape index (κ3) is 2.16. The molecule has 3 nitrogen and oxygen atoms in total. The van der Waals surface area contributed by atoms with E-state index in [4.69, 9.17) is 17.3 Å². The van der Waals surface area contributed by atoms with Crippen LogP contribution >= 0.6 is 11.6 Å². The topological polar surface area (TPSA) is 43.8 Å². The second kappa shape index (κ2) is 5.12. The Kier molecular flexibility index (Phi) is 3.73. The van der Waals surface area contributed by atoms with E-state index in [-0.39, 0.29) is 6.04 Å². The summed E-state index contributed by atoms with van der Waals surface area (Å²) in [5.74, 6) is 0. The van der Waals surface area contributed by atoms with Crippen LogP contribution in [0.5, 0.6) is 0 Å². The first-order chi connectivity index (χ1) is 8.56. The zero-order valence-corrected chi connectivity index (χ0v) is 11.7. The van der Waals surface area contributed by atoms with Gasteiger partial charge in [-0.25, -0.2) is 0 Å². The molecule has 4 heteroatoms. The Labute approximate surface area is 113 Å². The van der Waals surface area contributed by atoms with E-state index in [0.29, 0.717) is 6.54 Å². The van der Waals surface area contributed by atoms with Crippen molar-refractivity contribution in [2.75, 3.05) is 6.54 Å². The Balaban J connectivity index is 2.52. The lowest BCUT2D eigenvalue weighted by atomic mass is 10.0. The Morgan fingerprint density at radius 2 is 1.94 bits per heavy atom. The second-order valence-electron chi connectivity index (χ2n) is 4.54. The van der Waals surface area contributed by atoms with Gasteiger partial charge < -0.3 is 5.73 Å². The molecule has 1 unspecified atom stereocenters. The molecule has 0 aliphatic rings. The van der Waals surface area contributed by atoms with E-state index in [9.17, 15) is 0 Å². The van der Waals surface area contributed by atoms with Crippen LogP contribution in [0.3, 0.4) is 0 Å². The first kappa shape index (κ1) is 13.1. The monoisotopic (exact) mass is 263 g/mol. The number of halogens is 1. The van der Waals surface area contributed by atoms with Crippen molar-refractivity contribution in [2.45, 2.75) is 26.8 Å². The summed E-state index contributed by atoms with van der Waals surface area (Å²) in [6, 6.07) is 8.28. The highest BCUT2D eigenvalue weighted by atomic mass is 35.5. The fourth-order valence-electron chi connectivity index (χ4n) is 2.27. The number of aryl methyl sites for hydroxylation is 2. The smallest absolute Gasteiger partial charge is 0.0896 e. The van der Waals surface area contributed by atoms with Crippen LogP contribution in [0, 0.1) is 20.8 Å². The van der Waals surface area contributed by atoms with Crippen molar-refractivity contribution >= 4 is 11.6 Å². The lowest BCUT2D eigenvalue weighted by Gasteiger charge is -2.19. The lowest BCUT2D eigenvalue weighted by molar-refractivity contribution is 0.514. The molecule has 18 heavy (non-hydrogen) atoms. The van der Waals surface area contributed by atoms with Gasteiger partial charge in [0.2, 0.25) is 0 Å². The van der Waals surface area contributed by atoms with Crippen LogP contribution in [0.1, 0.15) is 28.6 Å². The van der Waals surface area contributed by atoms with Gasteiger partial charge in [-0.1, -0.05) is 35.9 Å². The van der Waals surface area contributed by atoms with E-state index in [2.05, 4.69) is 24.2 Å². The third-order valence-electron chi connectivity index (χ3n) is 3.30. The molecule has 0 spiro atoms. The summed E-state index contributed by atoms with van der Waals surface area (Å²) in [6.07, 6.45) is 0. The van der Waals surface area contributed by atoms with E-state index in [1.54, 1.807) is 0 Å². The maximum absolute atomic E-state index is 6.20. The maximum atomic E-state index is 6.20. The fourth-order valence-corrected chi connectivity index (χ4v) is 2.39. The van der Waals surface area contributed by atoms with Crippen molar-refractivity contribution in [3.05, 3.63) is 51.8 Å². The van der Waals surface area contributed by atoms with Crippen molar-refractivity contribution in [3.8, 4) is 0 Å². The highest BCUT2D eigenvalue weighted by Gasteiger charge is 2.19. The number of nitrogens with two attached hydrogens (primary N) is 1. The minimum atomic E-state index is 0.0393. The Morgan fingerprint density at radius 1 is 1.28 bits per heavy atom. The van der Waals surface area contributed by atoms with E-state index in [1.807, 2.05) is 30.7 Å². The van der Waals surface area contributed by atoms with Gasteiger partial charge in [0.25, 0.3) is 0 Å². The number of rotatable bonds is 3. The van der Waals surface area contributed by atoms with Crippen molar-refractivity contribution in [3.63, 3.8) is 0 Å². The molecule has 0 amide bonds. The van der Waals surface area contributed by atoms with Crippen molar-refractivity contribution in [1.29, 1.82) is 0 Å². The molecule has 2 aromatic rings. The van der Waals surface area contributed by atoms with Crippen LogP contribution in [0.2, 0.25) is 5.02 Å². The number of hydrogen-bond donors (Lipinski definition) is 1. The molecule has 0 aliphatic heterocycles. The van der Waals surface area contributed by atoms with Crippen LogP contribution in [-0.2, 0) is 0 Å². The summed E-state index contributed by atoms with van der Waals surface area (Å²) in [7, 11) is 0. The van der Waals surface area contributed by atoms with Gasteiger partial charge >= 0.3 is 0 Å². The first-order valence-corrected chi connectivity index (χ1v) is 6.40. The molecule has 0 saturated heterocycles.